The second kappa shape index (κ2) is 9.37. The average molecular weight is 346 g/mol. The van der Waals surface area contributed by atoms with Crippen molar-refractivity contribution < 1.29 is 19.1 Å². The van der Waals surface area contributed by atoms with E-state index >= 15 is 0 Å². The first-order valence-electron chi connectivity index (χ1n) is 8.07. The summed E-state index contributed by atoms with van der Waals surface area (Å²) in [6.45, 7) is 6.88. The zero-order valence-corrected chi connectivity index (χ0v) is 15.7. The van der Waals surface area contributed by atoms with E-state index in [4.69, 9.17) is 9.47 Å². The molecule has 1 rings (SSSR count). The Hall–Kier alpha value is -0.950. The minimum absolute atomic E-state index is 0.214. The maximum Gasteiger partial charge on any atom is 0.410 e. The summed E-state index contributed by atoms with van der Waals surface area (Å²) in [6, 6.07) is -0.0508. The van der Waals surface area contributed by atoms with E-state index < -0.39 is 5.60 Å². The number of hydrogen-bond acceptors (Lipinski definition) is 6. The number of nitrogens with one attached hydrogen (secondary N) is 1. The molecule has 1 atom stereocenters. The molecular weight excluding hydrogens is 316 g/mol. The monoisotopic (exact) mass is 346 g/mol. The fraction of sp³-hybridized carbons (Fsp3) is 0.875. The lowest BCUT2D eigenvalue weighted by molar-refractivity contribution is -0.143. The van der Waals surface area contributed by atoms with Crippen LogP contribution in [0.1, 0.15) is 40.0 Å². The lowest BCUT2D eigenvalue weighted by Gasteiger charge is -2.35. The van der Waals surface area contributed by atoms with Gasteiger partial charge in [-0.15, -0.1) is 0 Å². The quantitative estimate of drug-likeness (QED) is 0.744. The summed E-state index contributed by atoms with van der Waals surface area (Å²) in [7, 11) is 1.42. The highest BCUT2D eigenvalue weighted by Crippen LogP contribution is 2.16. The Morgan fingerprint density at radius 1 is 1.30 bits per heavy atom. The summed E-state index contributed by atoms with van der Waals surface area (Å²) in [6.07, 6.45) is 4.13. The maximum atomic E-state index is 12.0. The minimum atomic E-state index is -0.472. The fourth-order valence-electron chi connectivity index (χ4n) is 2.49. The molecule has 134 valence electrons. The zero-order valence-electron chi connectivity index (χ0n) is 14.9. The molecule has 0 aromatic rings. The van der Waals surface area contributed by atoms with Crippen LogP contribution in [-0.4, -0.2) is 66.9 Å². The first-order valence-corrected chi connectivity index (χ1v) is 9.47. The van der Waals surface area contributed by atoms with Crippen molar-refractivity contribution in [3.8, 4) is 0 Å². The Morgan fingerprint density at radius 3 is 2.39 bits per heavy atom. The van der Waals surface area contributed by atoms with Crippen molar-refractivity contribution in [1.82, 2.24) is 10.2 Å². The summed E-state index contributed by atoms with van der Waals surface area (Å²) in [4.78, 5) is 25.6. The molecule has 1 aliphatic rings. The van der Waals surface area contributed by atoms with Crippen molar-refractivity contribution in [2.75, 3.05) is 32.2 Å². The fourth-order valence-corrected chi connectivity index (χ4v) is 2.96. The lowest BCUT2D eigenvalue weighted by Crippen LogP contribution is -2.51. The molecule has 1 fully saturated rings. The number of likely N-dealkylation sites (tertiary alicyclic amines) is 1. The van der Waals surface area contributed by atoms with Gasteiger partial charge in [0.05, 0.1) is 7.11 Å². The van der Waals surface area contributed by atoms with Crippen molar-refractivity contribution in [3.05, 3.63) is 0 Å². The van der Waals surface area contributed by atoms with E-state index in [1.165, 1.54) is 7.11 Å². The van der Waals surface area contributed by atoms with E-state index in [0.29, 0.717) is 13.1 Å². The number of ether oxygens (including phenoxy) is 2. The van der Waals surface area contributed by atoms with E-state index in [1.54, 1.807) is 16.7 Å². The van der Waals surface area contributed by atoms with Gasteiger partial charge in [0.1, 0.15) is 11.6 Å². The number of methoxy groups -OCH3 is 1. The molecule has 1 heterocycles. The Bertz CT molecular complexity index is 390. The van der Waals surface area contributed by atoms with Gasteiger partial charge >= 0.3 is 12.1 Å². The van der Waals surface area contributed by atoms with Gasteiger partial charge < -0.3 is 19.7 Å². The van der Waals surface area contributed by atoms with Crippen LogP contribution < -0.4 is 5.32 Å². The first-order chi connectivity index (χ1) is 10.8. The SMILES string of the molecule is COC(=O)[C@H](CCSC)NC1CCN(C(=O)OC(C)(C)C)CC1. The molecule has 6 nitrogen and oxygen atoms in total. The predicted octanol–water partition coefficient (Wildman–Crippen LogP) is 2.27. The molecule has 1 N–H and O–H groups in total. The lowest BCUT2D eigenvalue weighted by atomic mass is 10.0. The third kappa shape index (κ3) is 7.44. The maximum absolute atomic E-state index is 12.0. The summed E-state index contributed by atoms with van der Waals surface area (Å²) in [5.41, 5.74) is -0.472. The van der Waals surface area contributed by atoms with Gasteiger partial charge in [-0.05, 0) is 52.0 Å². The largest absolute Gasteiger partial charge is 0.468 e. The van der Waals surface area contributed by atoms with Crippen LogP contribution in [0.15, 0.2) is 0 Å². The van der Waals surface area contributed by atoms with Crippen LogP contribution in [0.5, 0.6) is 0 Å². The van der Waals surface area contributed by atoms with E-state index in [-0.39, 0.29) is 24.1 Å². The highest BCUT2D eigenvalue weighted by Gasteiger charge is 2.29. The molecule has 1 amide bonds. The normalized spacial score (nSPS) is 17.7. The average Bonchev–Trinajstić information content (AvgIpc) is 2.49. The second-order valence-electron chi connectivity index (χ2n) is 6.77. The van der Waals surface area contributed by atoms with Gasteiger partial charge in [0, 0.05) is 19.1 Å². The van der Waals surface area contributed by atoms with Gasteiger partial charge in [-0.3, -0.25) is 4.79 Å². The summed E-state index contributed by atoms with van der Waals surface area (Å²) < 4.78 is 10.3. The number of carbonyl (C=O) groups excluding carboxylic acids is 2. The van der Waals surface area contributed by atoms with Gasteiger partial charge in [-0.25, -0.2) is 4.79 Å². The van der Waals surface area contributed by atoms with E-state index in [9.17, 15) is 9.59 Å². The standard InChI is InChI=1S/C16H30N2O4S/c1-16(2,3)22-15(20)18-9-6-12(7-10-18)17-13(8-11-23-5)14(19)21-4/h12-13,17H,6-11H2,1-5H3/t13-/m0/s1. The minimum Gasteiger partial charge on any atom is -0.468 e. The van der Waals surface area contributed by atoms with Crippen LogP contribution in [-0.2, 0) is 14.3 Å². The number of rotatable bonds is 6. The Labute approximate surface area is 143 Å². The first kappa shape index (κ1) is 20.1. The van der Waals surface area contributed by atoms with Crippen LogP contribution in [0.4, 0.5) is 4.79 Å². The van der Waals surface area contributed by atoms with Crippen LogP contribution >= 0.6 is 11.8 Å². The number of amides is 1. The predicted molar refractivity (Wildman–Crippen MR) is 92.8 cm³/mol. The van der Waals surface area contributed by atoms with Crippen molar-refractivity contribution in [2.45, 2.75) is 57.7 Å². The molecule has 1 saturated heterocycles. The highest BCUT2D eigenvalue weighted by molar-refractivity contribution is 7.98. The van der Waals surface area contributed by atoms with E-state index in [1.807, 2.05) is 27.0 Å². The summed E-state index contributed by atoms with van der Waals surface area (Å²) in [5, 5.41) is 3.38. The molecule has 0 bridgehead atoms. The molecular formula is C16H30N2O4S. The summed E-state index contributed by atoms with van der Waals surface area (Å²) >= 11 is 1.71. The van der Waals surface area contributed by atoms with Crippen molar-refractivity contribution in [3.63, 3.8) is 0 Å². The van der Waals surface area contributed by atoms with Crippen LogP contribution in [0.2, 0.25) is 0 Å². The molecule has 0 aromatic heterocycles. The number of hydrogen-bond donors (Lipinski definition) is 1. The summed E-state index contributed by atoms with van der Waals surface area (Å²) in [5.74, 6) is 0.692. The van der Waals surface area contributed by atoms with Crippen LogP contribution in [0.3, 0.4) is 0 Å². The van der Waals surface area contributed by atoms with Crippen LogP contribution in [0, 0.1) is 0 Å². The molecule has 0 unspecified atom stereocenters. The van der Waals surface area contributed by atoms with Gasteiger partial charge in [-0.2, -0.15) is 11.8 Å². The number of piperidine rings is 1. The second-order valence-corrected chi connectivity index (χ2v) is 7.75. The number of carbonyl (C=O) groups is 2. The van der Waals surface area contributed by atoms with Gasteiger partial charge in [0.2, 0.25) is 0 Å². The van der Waals surface area contributed by atoms with Gasteiger partial charge in [0.15, 0.2) is 0 Å². The van der Waals surface area contributed by atoms with Crippen LogP contribution in [0.25, 0.3) is 0 Å². The van der Waals surface area contributed by atoms with Gasteiger partial charge in [0.25, 0.3) is 0 Å². The Kier molecular flexibility index (Phi) is 8.19. The third-order valence-corrected chi connectivity index (χ3v) is 4.32. The molecule has 7 heteroatoms. The highest BCUT2D eigenvalue weighted by atomic mass is 32.2. The Morgan fingerprint density at radius 2 is 1.91 bits per heavy atom. The molecule has 0 aromatic carbocycles. The topological polar surface area (TPSA) is 67.9 Å². The molecule has 0 radical (unpaired) electrons. The third-order valence-electron chi connectivity index (χ3n) is 3.68. The smallest absolute Gasteiger partial charge is 0.410 e. The molecule has 0 aliphatic carbocycles. The Balaban J connectivity index is 2.45. The number of thioether (sulfide) groups is 1. The zero-order chi connectivity index (χ0) is 17.5. The molecule has 1 aliphatic heterocycles. The van der Waals surface area contributed by atoms with E-state index in [0.717, 1.165) is 25.0 Å². The van der Waals surface area contributed by atoms with Gasteiger partial charge in [-0.1, -0.05) is 0 Å². The molecule has 0 saturated carbocycles. The molecule has 0 spiro atoms. The van der Waals surface area contributed by atoms with Crippen molar-refractivity contribution in [2.24, 2.45) is 0 Å². The molecule has 23 heavy (non-hydrogen) atoms. The van der Waals surface area contributed by atoms with Crippen molar-refractivity contribution in [1.29, 1.82) is 0 Å². The number of esters is 1. The van der Waals surface area contributed by atoms with E-state index in [2.05, 4.69) is 5.32 Å². The van der Waals surface area contributed by atoms with Crippen molar-refractivity contribution >= 4 is 23.8 Å². The number of nitrogens with zero attached hydrogens (tertiary/aromatic N) is 1.